The van der Waals surface area contributed by atoms with Gasteiger partial charge in [-0.25, -0.2) is 0 Å². The molecule has 3 aromatic rings. The van der Waals surface area contributed by atoms with Gasteiger partial charge in [-0.05, 0) is 42.0 Å². The van der Waals surface area contributed by atoms with E-state index < -0.39 is 5.91 Å². The predicted octanol–water partition coefficient (Wildman–Crippen LogP) is 4.24. The molecule has 0 radical (unpaired) electrons. The summed E-state index contributed by atoms with van der Waals surface area (Å²) in [5, 5.41) is 3.91. The Kier molecular flexibility index (Phi) is 4.26. The number of benzene rings is 2. The molecule has 114 valence electrons. The Morgan fingerprint density at radius 1 is 0.957 bits per heavy atom. The number of hydrogen-bond donors (Lipinski definition) is 2. The molecule has 2 aromatic carbocycles. The van der Waals surface area contributed by atoms with Crippen LogP contribution in [0.4, 0.5) is 11.4 Å². The third-order valence-corrected chi connectivity index (χ3v) is 3.57. The van der Waals surface area contributed by atoms with Crippen LogP contribution in [0.1, 0.15) is 10.4 Å². The van der Waals surface area contributed by atoms with Crippen molar-refractivity contribution < 1.29 is 4.79 Å². The van der Waals surface area contributed by atoms with Crippen LogP contribution in [0, 0.1) is 0 Å². The van der Waals surface area contributed by atoms with Gasteiger partial charge in [0.1, 0.15) is 0 Å². The van der Waals surface area contributed by atoms with Crippen molar-refractivity contribution in [1.82, 2.24) is 4.98 Å². The van der Waals surface area contributed by atoms with Crippen molar-refractivity contribution in [3.63, 3.8) is 0 Å². The van der Waals surface area contributed by atoms with E-state index in [1.165, 1.54) is 0 Å². The SMILES string of the molecule is NC(=O)c1cccc(-c2cncc(Nc3cccc(Cl)c3)c2)c1. The van der Waals surface area contributed by atoms with E-state index in [1.807, 2.05) is 36.4 Å². The van der Waals surface area contributed by atoms with Crippen LogP contribution in [0.25, 0.3) is 11.1 Å². The number of carbonyl (C=O) groups excluding carboxylic acids is 1. The number of amides is 1. The van der Waals surface area contributed by atoms with Crippen LogP contribution in [0.3, 0.4) is 0 Å². The molecule has 0 bridgehead atoms. The molecule has 0 fully saturated rings. The van der Waals surface area contributed by atoms with Gasteiger partial charge < -0.3 is 11.1 Å². The highest BCUT2D eigenvalue weighted by Gasteiger charge is 2.05. The number of aromatic nitrogens is 1. The maximum atomic E-state index is 11.3. The molecule has 0 unspecified atom stereocenters. The van der Waals surface area contributed by atoms with E-state index in [0.717, 1.165) is 22.5 Å². The van der Waals surface area contributed by atoms with Crippen LogP contribution in [0.5, 0.6) is 0 Å². The highest BCUT2D eigenvalue weighted by molar-refractivity contribution is 6.30. The van der Waals surface area contributed by atoms with E-state index in [9.17, 15) is 4.79 Å². The Hall–Kier alpha value is -2.85. The van der Waals surface area contributed by atoms with Crippen LogP contribution >= 0.6 is 11.6 Å². The standard InChI is InChI=1S/C18H14ClN3O/c19-15-5-2-6-16(9-15)22-17-8-14(10-21-11-17)12-3-1-4-13(7-12)18(20)23/h1-11,22H,(H2,20,23). The number of nitrogens with two attached hydrogens (primary N) is 1. The average molecular weight is 324 g/mol. The number of nitrogens with zero attached hydrogens (tertiary/aromatic N) is 1. The number of primary amides is 1. The Labute approximate surface area is 138 Å². The highest BCUT2D eigenvalue weighted by Crippen LogP contribution is 2.25. The van der Waals surface area contributed by atoms with E-state index in [0.29, 0.717) is 10.6 Å². The van der Waals surface area contributed by atoms with Crippen LogP contribution in [0.15, 0.2) is 67.0 Å². The number of pyridine rings is 1. The lowest BCUT2D eigenvalue weighted by atomic mass is 10.0. The lowest BCUT2D eigenvalue weighted by molar-refractivity contribution is 0.100. The number of hydrogen-bond acceptors (Lipinski definition) is 3. The molecule has 0 saturated carbocycles. The lowest BCUT2D eigenvalue weighted by Crippen LogP contribution is -2.10. The van der Waals surface area contributed by atoms with E-state index >= 15 is 0 Å². The van der Waals surface area contributed by atoms with Crippen molar-refractivity contribution >= 4 is 28.9 Å². The zero-order valence-electron chi connectivity index (χ0n) is 12.2. The first-order valence-corrected chi connectivity index (χ1v) is 7.37. The minimum Gasteiger partial charge on any atom is -0.366 e. The summed E-state index contributed by atoms with van der Waals surface area (Å²) >= 11 is 5.99. The van der Waals surface area contributed by atoms with Crippen LogP contribution in [-0.2, 0) is 0 Å². The summed E-state index contributed by atoms with van der Waals surface area (Å²) in [5.41, 5.74) is 9.27. The number of rotatable bonds is 4. The predicted molar refractivity (Wildman–Crippen MR) is 92.9 cm³/mol. The quantitative estimate of drug-likeness (QED) is 0.754. The second-order valence-corrected chi connectivity index (χ2v) is 5.48. The second-order valence-electron chi connectivity index (χ2n) is 5.04. The van der Waals surface area contributed by atoms with Gasteiger partial charge in [-0.2, -0.15) is 0 Å². The average Bonchev–Trinajstić information content (AvgIpc) is 2.55. The smallest absolute Gasteiger partial charge is 0.248 e. The Morgan fingerprint density at radius 2 is 1.78 bits per heavy atom. The molecule has 1 heterocycles. The summed E-state index contributed by atoms with van der Waals surface area (Å²) in [5.74, 6) is -0.451. The molecular weight excluding hydrogens is 310 g/mol. The van der Waals surface area contributed by atoms with Crippen LogP contribution < -0.4 is 11.1 Å². The molecule has 4 nitrogen and oxygen atoms in total. The molecule has 0 spiro atoms. The second kappa shape index (κ2) is 6.50. The van der Waals surface area contributed by atoms with Crippen molar-refractivity contribution in [2.75, 3.05) is 5.32 Å². The van der Waals surface area contributed by atoms with Gasteiger partial charge in [-0.3, -0.25) is 9.78 Å². The summed E-state index contributed by atoms with van der Waals surface area (Å²) in [4.78, 5) is 15.5. The molecule has 0 aliphatic rings. The van der Waals surface area contributed by atoms with Gasteiger partial charge in [0.2, 0.25) is 5.91 Å². The number of carbonyl (C=O) groups is 1. The molecular formula is C18H14ClN3O. The molecule has 0 atom stereocenters. The normalized spacial score (nSPS) is 10.3. The summed E-state index contributed by atoms with van der Waals surface area (Å²) in [6, 6.07) is 16.5. The summed E-state index contributed by atoms with van der Waals surface area (Å²) in [7, 11) is 0. The first-order chi connectivity index (χ1) is 11.1. The van der Waals surface area contributed by atoms with Crippen LogP contribution in [-0.4, -0.2) is 10.9 Å². The summed E-state index contributed by atoms with van der Waals surface area (Å²) in [6.45, 7) is 0. The Bertz CT molecular complexity index is 864. The highest BCUT2D eigenvalue weighted by atomic mass is 35.5. The molecule has 0 aliphatic carbocycles. The van der Waals surface area contributed by atoms with Crippen molar-refractivity contribution in [3.05, 3.63) is 77.6 Å². The lowest BCUT2D eigenvalue weighted by Gasteiger charge is -2.09. The maximum absolute atomic E-state index is 11.3. The molecule has 0 saturated heterocycles. The zero-order valence-corrected chi connectivity index (χ0v) is 12.9. The molecule has 3 N–H and O–H groups in total. The fourth-order valence-corrected chi connectivity index (χ4v) is 2.44. The van der Waals surface area contributed by atoms with Crippen molar-refractivity contribution in [2.45, 2.75) is 0 Å². The maximum Gasteiger partial charge on any atom is 0.248 e. The van der Waals surface area contributed by atoms with E-state index in [-0.39, 0.29) is 0 Å². The first kappa shape index (κ1) is 15.1. The van der Waals surface area contributed by atoms with Gasteiger partial charge in [-0.15, -0.1) is 0 Å². The van der Waals surface area contributed by atoms with Gasteiger partial charge >= 0.3 is 0 Å². The third kappa shape index (κ3) is 3.67. The van der Waals surface area contributed by atoms with E-state index in [1.54, 1.807) is 30.6 Å². The monoisotopic (exact) mass is 323 g/mol. The third-order valence-electron chi connectivity index (χ3n) is 3.33. The zero-order chi connectivity index (χ0) is 16.2. The largest absolute Gasteiger partial charge is 0.366 e. The van der Waals surface area contributed by atoms with Gasteiger partial charge in [0, 0.05) is 28.0 Å². The van der Waals surface area contributed by atoms with Gasteiger partial charge in [0.15, 0.2) is 0 Å². The van der Waals surface area contributed by atoms with E-state index in [2.05, 4.69) is 10.3 Å². The minimum absolute atomic E-state index is 0.451. The van der Waals surface area contributed by atoms with Crippen molar-refractivity contribution in [3.8, 4) is 11.1 Å². The number of anilines is 2. The summed E-state index contributed by atoms with van der Waals surface area (Å²) < 4.78 is 0. The number of halogens is 1. The van der Waals surface area contributed by atoms with Gasteiger partial charge in [-0.1, -0.05) is 29.8 Å². The first-order valence-electron chi connectivity index (χ1n) is 7.00. The van der Waals surface area contributed by atoms with Gasteiger partial charge in [0.25, 0.3) is 0 Å². The molecule has 1 aromatic heterocycles. The number of nitrogens with one attached hydrogen (secondary N) is 1. The van der Waals surface area contributed by atoms with Crippen LogP contribution in [0.2, 0.25) is 5.02 Å². The minimum atomic E-state index is -0.451. The Morgan fingerprint density at radius 3 is 2.57 bits per heavy atom. The molecule has 5 heteroatoms. The molecule has 3 rings (SSSR count). The van der Waals surface area contributed by atoms with Crippen molar-refractivity contribution in [1.29, 1.82) is 0 Å². The molecule has 0 aliphatic heterocycles. The van der Waals surface area contributed by atoms with E-state index in [4.69, 9.17) is 17.3 Å². The van der Waals surface area contributed by atoms with Crippen molar-refractivity contribution in [2.24, 2.45) is 5.73 Å². The topological polar surface area (TPSA) is 68.0 Å². The molecule has 23 heavy (non-hydrogen) atoms. The fourth-order valence-electron chi connectivity index (χ4n) is 2.25. The fraction of sp³-hybridized carbons (Fsp3) is 0. The summed E-state index contributed by atoms with van der Waals surface area (Å²) in [6.07, 6.45) is 3.46. The Balaban J connectivity index is 1.91. The molecule has 1 amide bonds. The van der Waals surface area contributed by atoms with Gasteiger partial charge in [0.05, 0.1) is 11.9 Å².